The van der Waals surface area contributed by atoms with Gasteiger partial charge in [0.15, 0.2) is 0 Å². The van der Waals surface area contributed by atoms with Gasteiger partial charge in [-0.05, 0) is 32.6 Å². The molecule has 1 atom stereocenters. The standard InChI is InChI=1S/C13H23NO3/c1-4-10(5-2)12(15)14-9-7-8-11(14)13(16)17-6-3/h10-11H,4-9H2,1-3H3. The van der Waals surface area contributed by atoms with Crippen molar-refractivity contribution in [1.82, 2.24) is 4.90 Å². The molecule has 0 aromatic heterocycles. The molecule has 1 aliphatic heterocycles. The first-order valence-electron chi connectivity index (χ1n) is 6.62. The van der Waals surface area contributed by atoms with Crippen LogP contribution in [0.4, 0.5) is 0 Å². The third kappa shape index (κ3) is 3.20. The number of carbonyl (C=O) groups excluding carboxylic acids is 2. The zero-order valence-electron chi connectivity index (χ0n) is 11.1. The molecule has 0 spiro atoms. The number of hydrogen-bond acceptors (Lipinski definition) is 3. The second-order valence-electron chi connectivity index (χ2n) is 4.46. The molecule has 1 amide bonds. The van der Waals surface area contributed by atoms with E-state index >= 15 is 0 Å². The molecule has 0 bridgehead atoms. The Hall–Kier alpha value is -1.06. The maximum atomic E-state index is 12.2. The Bertz CT molecular complexity index is 274. The molecule has 1 rings (SSSR count). The van der Waals surface area contributed by atoms with Crippen LogP contribution in [0.5, 0.6) is 0 Å². The van der Waals surface area contributed by atoms with Gasteiger partial charge in [0.25, 0.3) is 0 Å². The van der Waals surface area contributed by atoms with E-state index in [1.54, 1.807) is 11.8 Å². The minimum atomic E-state index is -0.344. The normalized spacial score (nSPS) is 19.8. The van der Waals surface area contributed by atoms with Gasteiger partial charge in [-0.3, -0.25) is 4.79 Å². The highest BCUT2D eigenvalue weighted by molar-refractivity contribution is 5.86. The Morgan fingerprint density at radius 2 is 1.94 bits per heavy atom. The van der Waals surface area contributed by atoms with Crippen LogP contribution in [0.25, 0.3) is 0 Å². The first-order chi connectivity index (χ1) is 8.15. The average Bonchev–Trinajstić information content (AvgIpc) is 2.79. The van der Waals surface area contributed by atoms with Crippen molar-refractivity contribution in [2.24, 2.45) is 5.92 Å². The van der Waals surface area contributed by atoms with E-state index in [4.69, 9.17) is 4.74 Å². The van der Waals surface area contributed by atoms with E-state index in [0.29, 0.717) is 13.2 Å². The van der Waals surface area contributed by atoms with E-state index in [0.717, 1.165) is 25.7 Å². The number of nitrogens with zero attached hydrogens (tertiary/aromatic N) is 1. The fourth-order valence-electron chi connectivity index (χ4n) is 2.39. The maximum Gasteiger partial charge on any atom is 0.328 e. The number of esters is 1. The molecule has 0 N–H and O–H groups in total. The maximum absolute atomic E-state index is 12.2. The fourth-order valence-corrected chi connectivity index (χ4v) is 2.39. The predicted octanol–water partition coefficient (Wildman–Crippen LogP) is 1.98. The molecule has 1 fully saturated rings. The minimum Gasteiger partial charge on any atom is -0.464 e. The largest absolute Gasteiger partial charge is 0.464 e. The van der Waals surface area contributed by atoms with Gasteiger partial charge in [-0.1, -0.05) is 13.8 Å². The van der Waals surface area contributed by atoms with Crippen molar-refractivity contribution < 1.29 is 14.3 Å². The summed E-state index contributed by atoms with van der Waals surface area (Å²) in [6, 6.07) is -0.344. The Kier molecular flexibility index (Phi) is 5.45. The summed E-state index contributed by atoms with van der Waals surface area (Å²) in [5.74, 6) is -0.0834. The van der Waals surface area contributed by atoms with Crippen molar-refractivity contribution in [1.29, 1.82) is 0 Å². The number of amides is 1. The summed E-state index contributed by atoms with van der Waals surface area (Å²) in [5, 5.41) is 0. The lowest BCUT2D eigenvalue weighted by molar-refractivity contribution is -0.154. The topological polar surface area (TPSA) is 46.6 Å². The summed E-state index contributed by atoms with van der Waals surface area (Å²) in [6.45, 7) is 6.89. The Morgan fingerprint density at radius 1 is 1.29 bits per heavy atom. The van der Waals surface area contributed by atoms with Crippen LogP contribution >= 0.6 is 0 Å². The lowest BCUT2D eigenvalue weighted by Gasteiger charge is -2.26. The van der Waals surface area contributed by atoms with Gasteiger partial charge in [-0.25, -0.2) is 4.79 Å². The highest BCUT2D eigenvalue weighted by atomic mass is 16.5. The molecule has 98 valence electrons. The summed E-state index contributed by atoms with van der Waals surface area (Å²) in [7, 11) is 0. The Morgan fingerprint density at radius 3 is 2.47 bits per heavy atom. The van der Waals surface area contributed by atoms with Gasteiger partial charge < -0.3 is 9.64 Å². The van der Waals surface area contributed by atoms with Gasteiger partial charge in [0.05, 0.1) is 6.61 Å². The van der Waals surface area contributed by atoms with Crippen molar-refractivity contribution in [3.05, 3.63) is 0 Å². The molecule has 0 radical (unpaired) electrons. The van der Waals surface area contributed by atoms with Crippen molar-refractivity contribution in [2.75, 3.05) is 13.2 Å². The molecule has 4 heteroatoms. The second kappa shape index (κ2) is 6.62. The number of ether oxygens (including phenoxy) is 1. The summed E-state index contributed by atoms with van der Waals surface area (Å²) in [4.78, 5) is 25.7. The zero-order chi connectivity index (χ0) is 12.8. The van der Waals surface area contributed by atoms with Gasteiger partial charge in [0, 0.05) is 12.5 Å². The van der Waals surface area contributed by atoms with E-state index in [-0.39, 0.29) is 23.8 Å². The Balaban J connectivity index is 2.68. The number of rotatable bonds is 5. The van der Waals surface area contributed by atoms with Crippen molar-refractivity contribution in [3.63, 3.8) is 0 Å². The van der Waals surface area contributed by atoms with E-state index in [2.05, 4.69) is 0 Å². The molecule has 1 aliphatic rings. The molecular formula is C13H23NO3. The van der Waals surface area contributed by atoms with Crippen LogP contribution in [0.1, 0.15) is 46.5 Å². The monoisotopic (exact) mass is 241 g/mol. The van der Waals surface area contributed by atoms with Crippen LogP contribution in [0.2, 0.25) is 0 Å². The van der Waals surface area contributed by atoms with Gasteiger partial charge in [-0.2, -0.15) is 0 Å². The summed E-state index contributed by atoms with van der Waals surface area (Å²) in [5.41, 5.74) is 0. The SMILES string of the molecule is CCOC(=O)C1CCCN1C(=O)C(CC)CC. The minimum absolute atomic E-state index is 0.0463. The van der Waals surface area contributed by atoms with Crippen molar-refractivity contribution >= 4 is 11.9 Å². The molecule has 0 aromatic rings. The number of carbonyl (C=O) groups is 2. The fraction of sp³-hybridized carbons (Fsp3) is 0.846. The second-order valence-corrected chi connectivity index (χ2v) is 4.46. The number of hydrogen-bond donors (Lipinski definition) is 0. The summed E-state index contributed by atoms with van der Waals surface area (Å²) < 4.78 is 5.02. The molecule has 4 nitrogen and oxygen atoms in total. The lowest BCUT2D eigenvalue weighted by Crippen LogP contribution is -2.44. The Labute approximate surface area is 103 Å². The van der Waals surface area contributed by atoms with Crippen LogP contribution in [0.15, 0.2) is 0 Å². The third-order valence-electron chi connectivity index (χ3n) is 3.43. The quantitative estimate of drug-likeness (QED) is 0.691. The predicted molar refractivity (Wildman–Crippen MR) is 65.4 cm³/mol. The van der Waals surface area contributed by atoms with Crippen molar-refractivity contribution in [3.8, 4) is 0 Å². The third-order valence-corrected chi connectivity index (χ3v) is 3.43. The summed E-state index contributed by atoms with van der Waals surface area (Å²) in [6.07, 6.45) is 3.31. The van der Waals surface area contributed by atoms with Crippen molar-refractivity contribution in [2.45, 2.75) is 52.5 Å². The van der Waals surface area contributed by atoms with E-state index < -0.39 is 0 Å². The van der Waals surface area contributed by atoms with Crippen LogP contribution in [0.3, 0.4) is 0 Å². The van der Waals surface area contributed by atoms with Gasteiger partial charge in [0.2, 0.25) is 5.91 Å². The first kappa shape index (κ1) is 14.0. The van der Waals surface area contributed by atoms with Crippen LogP contribution in [-0.2, 0) is 14.3 Å². The molecular weight excluding hydrogens is 218 g/mol. The highest BCUT2D eigenvalue weighted by Crippen LogP contribution is 2.23. The number of likely N-dealkylation sites (tertiary alicyclic amines) is 1. The van der Waals surface area contributed by atoms with Crippen LogP contribution in [-0.4, -0.2) is 36.0 Å². The zero-order valence-corrected chi connectivity index (χ0v) is 11.1. The van der Waals surface area contributed by atoms with E-state index in [1.165, 1.54) is 0 Å². The lowest BCUT2D eigenvalue weighted by atomic mass is 10.0. The van der Waals surface area contributed by atoms with Crippen LogP contribution < -0.4 is 0 Å². The van der Waals surface area contributed by atoms with Gasteiger partial charge >= 0.3 is 5.97 Å². The molecule has 0 aliphatic carbocycles. The van der Waals surface area contributed by atoms with Crippen LogP contribution in [0, 0.1) is 5.92 Å². The molecule has 0 saturated carbocycles. The molecule has 17 heavy (non-hydrogen) atoms. The molecule has 1 unspecified atom stereocenters. The van der Waals surface area contributed by atoms with Gasteiger partial charge in [-0.15, -0.1) is 0 Å². The van der Waals surface area contributed by atoms with Gasteiger partial charge in [0.1, 0.15) is 6.04 Å². The molecule has 1 heterocycles. The summed E-state index contributed by atoms with van der Waals surface area (Å²) >= 11 is 0. The highest BCUT2D eigenvalue weighted by Gasteiger charge is 2.36. The average molecular weight is 241 g/mol. The molecule has 0 aromatic carbocycles. The smallest absolute Gasteiger partial charge is 0.328 e. The van der Waals surface area contributed by atoms with E-state index in [9.17, 15) is 9.59 Å². The molecule has 1 saturated heterocycles. The first-order valence-corrected chi connectivity index (χ1v) is 6.62. The van der Waals surface area contributed by atoms with E-state index in [1.807, 2.05) is 13.8 Å².